The first-order chi connectivity index (χ1) is 9.70. The van der Waals surface area contributed by atoms with Crippen LogP contribution in [0.2, 0.25) is 5.02 Å². The molecule has 0 fully saturated rings. The van der Waals surface area contributed by atoms with E-state index in [1.165, 1.54) is 33.6 Å². The molecule has 2 rings (SSSR count). The van der Waals surface area contributed by atoms with Gasteiger partial charge in [0, 0.05) is 6.42 Å². The molecule has 1 aromatic heterocycles. The summed E-state index contributed by atoms with van der Waals surface area (Å²) in [5.74, 6) is 0. The van der Waals surface area contributed by atoms with Gasteiger partial charge in [-0.3, -0.25) is 0 Å². The van der Waals surface area contributed by atoms with E-state index in [0.717, 1.165) is 4.88 Å². The Morgan fingerprint density at radius 1 is 1.19 bits per heavy atom. The third-order valence-corrected chi connectivity index (χ3v) is 5.37. The van der Waals surface area contributed by atoms with Gasteiger partial charge in [0.25, 0.3) is 0 Å². The molecule has 1 atom stereocenters. The second-order valence-electron chi connectivity index (χ2n) is 6.69. The summed E-state index contributed by atoms with van der Waals surface area (Å²) in [5, 5.41) is 13.0. The van der Waals surface area contributed by atoms with Crippen molar-refractivity contribution in [2.75, 3.05) is 0 Å². The summed E-state index contributed by atoms with van der Waals surface area (Å²) in [6.45, 7) is 10.9. The van der Waals surface area contributed by atoms with Crippen LogP contribution in [0.15, 0.2) is 23.6 Å². The molecule has 0 bridgehead atoms. The molecule has 2 aromatic rings. The molecule has 1 nitrogen and oxygen atoms in total. The highest BCUT2D eigenvalue weighted by molar-refractivity contribution is 7.10. The molecule has 0 amide bonds. The Bertz CT molecular complexity index is 614. The molecular formula is C18H23ClOS. The first kappa shape index (κ1) is 16.5. The lowest BCUT2D eigenvalue weighted by Gasteiger charge is -2.23. The Kier molecular flexibility index (Phi) is 4.82. The Labute approximate surface area is 136 Å². The van der Waals surface area contributed by atoms with Gasteiger partial charge in [-0.25, -0.2) is 0 Å². The number of benzene rings is 1. The van der Waals surface area contributed by atoms with E-state index in [1.54, 1.807) is 0 Å². The van der Waals surface area contributed by atoms with Gasteiger partial charge in [0.05, 0.1) is 16.0 Å². The lowest BCUT2D eigenvalue weighted by Crippen LogP contribution is -2.13. The minimum Gasteiger partial charge on any atom is -0.387 e. The van der Waals surface area contributed by atoms with Gasteiger partial charge in [0.15, 0.2) is 0 Å². The number of aliphatic hydroxyl groups excluding tert-OH is 1. The Balaban J connectivity index is 2.31. The number of thiophene rings is 1. The summed E-state index contributed by atoms with van der Waals surface area (Å²) in [4.78, 5) is 0.857. The zero-order valence-corrected chi connectivity index (χ0v) is 14.9. The average Bonchev–Trinajstić information content (AvgIpc) is 2.78. The van der Waals surface area contributed by atoms with E-state index in [1.807, 2.05) is 11.4 Å². The predicted molar refractivity (Wildman–Crippen MR) is 92.6 cm³/mol. The van der Waals surface area contributed by atoms with Crippen LogP contribution in [0.25, 0.3) is 0 Å². The van der Waals surface area contributed by atoms with Crippen LogP contribution in [0.3, 0.4) is 0 Å². The second-order valence-corrected chi connectivity index (χ2v) is 8.05. The van der Waals surface area contributed by atoms with Crippen LogP contribution in [0, 0.1) is 13.8 Å². The maximum Gasteiger partial charge on any atom is 0.0937 e. The highest BCUT2D eigenvalue weighted by atomic mass is 35.5. The van der Waals surface area contributed by atoms with Crippen LogP contribution >= 0.6 is 22.9 Å². The maximum absolute atomic E-state index is 10.4. The first-order valence-corrected chi connectivity index (χ1v) is 8.47. The lowest BCUT2D eigenvalue weighted by atomic mass is 9.83. The fraction of sp³-hybridized carbons (Fsp3) is 0.444. The second kappa shape index (κ2) is 6.12. The number of aliphatic hydroxyl groups is 1. The van der Waals surface area contributed by atoms with Crippen molar-refractivity contribution in [2.24, 2.45) is 0 Å². The summed E-state index contributed by atoms with van der Waals surface area (Å²) >= 11 is 7.63. The Hall–Kier alpha value is -0.830. The van der Waals surface area contributed by atoms with E-state index in [4.69, 9.17) is 11.6 Å². The molecule has 0 aliphatic rings. The van der Waals surface area contributed by atoms with Gasteiger partial charge in [-0.2, -0.15) is 0 Å². The highest BCUT2D eigenvalue weighted by Crippen LogP contribution is 2.33. The van der Waals surface area contributed by atoms with E-state index in [0.29, 0.717) is 11.4 Å². The number of aryl methyl sites for hydroxylation is 2. The molecule has 1 aromatic carbocycles. The number of rotatable bonds is 3. The molecule has 0 saturated heterocycles. The van der Waals surface area contributed by atoms with Crippen molar-refractivity contribution in [3.05, 3.63) is 55.7 Å². The summed E-state index contributed by atoms with van der Waals surface area (Å²) < 4.78 is 0. The summed E-state index contributed by atoms with van der Waals surface area (Å²) in [6.07, 6.45) is 0.0814. The van der Waals surface area contributed by atoms with Crippen molar-refractivity contribution < 1.29 is 5.11 Å². The molecule has 0 aliphatic heterocycles. The van der Waals surface area contributed by atoms with Gasteiger partial charge < -0.3 is 5.11 Å². The SMILES string of the molecule is Cc1cc(C(C)(C)C)cc(C)c1CC(O)c1sccc1Cl. The van der Waals surface area contributed by atoms with Gasteiger partial charge in [-0.05, 0) is 53.0 Å². The molecule has 114 valence electrons. The zero-order valence-electron chi connectivity index (χ0n) is 13.3. The molecule has 0 spiro atoms. The van der Waals surface area contributed by atoms with Crippen molar-refractivity contribution in [3.8, 4) is 0 Å². The predicted octanol–water partition coefficient (Wildman–Crippen LogP) is 5.59. The van der Waals surface area contributed by atoms with Crippen molar-refractivity contribution >= 4 is 22.9 Å². The highest BCUT2D eigenvalue weighted by Gasteiger charge is 2.19. The average molecular weight is 323 g/mol. The number of hydrogen-bond acceptors (Lipinski definition) is 2. The molecule has 3 heteroatoms. The first-order valence-electron chi connectivity index (χ1n) is 7.21. The molecule has 1 heterocycles. The minimum atomic E-state index is -0.532. The largest absolute Gasteiger partial charge is 0.387 e. The third-order valence-electron chi connectivity index (χ3n) is 3.91. The van der Waals surface area contributed by atoms with Crippen molar-refractivity contribution in [2.45, 2.75) is 52.6 Å². The van der Waals surface area contributed by atoms with E-state index in [-0.39, 0.29) is 5.41 Å². The van der Waals surface area contributed by atoms with Crippen molar-refractivity contribution in [1.29, 1.82) is 0 Å². The quantitative estimate of drug-likeness (QED) is 0.780. The van der Waals surface area contributed by atoms with Crippen molar-refractivity contribution in [3.63, 3.8) is 0 Å². The van der Waals surface area contributed by atoms with Crippen LogP contribution in [0.5, 0.6) is 0 Å². The molecule has 0 radical (unpaired) electrons. The molecule has 21 heavy (non-hydrogen) atoms. The standard InChI is InChI=1S/C18H23ClOS/c1-11-8-13(18(3,4)5)9-12(2)14(11)10-16(20)17-15(19)6-7-21-17/h6-9,16,20H,10H2,1-5H3. The topological polar surface area (TPSA) is 20.2 Å². The van der Waals surface area contributed by atoms with E-state index in [9.17, 15) is 5.11 Å². The molecule has 0 saturated carbocycles. The zero-order chi connectivity index (χ0) is 15.8. The third kappa shape index (κ3) is 3.68. The van der Waals surface area contributed by atoms with Gasteiger partial charge in [0.2, 0.25) is 0 Å². The molecular weight excluding hydrogens is 300 g/mol. The van der Waals surface area contributed by atoms with Crippen LogP contribution < -0.4 is 0 Å². The van der Waals surface area contributed by atoms with Gasteiger partial charge in [-0.1, -0.05) is 44.5 Å². The van der Waals surface area contributed by atoms with Crippen LogP contribution in [-0.4, -0.2) is 5.11 Å². The minimum absolute atomic E-state index is 0.143. The summed E-state index contributed by atoms with van der Waals surface area (Å²) in [7, 11) is 0. The van der Waals surface area contributed by atoms with E-state index < -0.39 is 6.10 Å². The maximum atomic E-state index is 10.4. The van der Waals surface area contributed by atoms with Gasteiger partial charge in [-0.15, -0.1) is 11.3 Å². The lowest BCUT2D eigenvalue weighted by molar-refractivity contribution is 0.182. The van der Waals surface area contributed by atoms with E-state index in [2.05, 4.69) is 46.8 Å². The smallest absolute Gasteiger partial charge is 0.0937 e. The molecule has 0 aliphatic carbocycles. The number of hydrogen-bond donors (Lipinski definition) is 1. The summed E-state index contributed by atoms with van der Waals surface area (Å²) in [5.41, 5.74) is 5.19. The van der Waals surface area contributed by atoms with Crippen LogP contribution in [0.4, 0.5) is 0 Å². The normalized spacial score (nSPS) is 13.5. The van der Waals surface area contributed by atoms with Gasteiger partial charge >= 0.3 is 0 Å². The van der Waals surface area contributed by atoms with Crippen LogP contribution in [-0.2, 0) is 11.8 Å². The Morgan fingerprint density at radius 2 is 1.76 bits per heavy atom. The van der Waals surface area contributed by atoms with E-state index >= 15 is 0 Å². The molecule has 1 N–H and O–H groups in total. The Morgan fingerprint density at radius 3 is 2.19 bits per heavy atom. The van der Waals surface area contributed by atoms with Crippen molar-refractivity contribution in [1.82, 2.24) is 0 Å². The van der Waals surface area contributed by atoms with Gasteiger partial charge in [0.1, 0.15) is 0 Å². The fourth-order valence-corrected chi connectivity index (χ4v) is 3.75. The van der Waals surface area contributed by atoms with Crippen LogP contribution in [0.1, 0.15) is 54.0 Å². The number of halogens is 1. The molecule has 1 unspecified atom stereocenters. The fourth-order valence-electron chi connectivity index (χ4n) is 2.58. The monoisotopic (exact) mass is 322 g/mol. The summed E-state index contributed by atoms with van der Waals surface area (Å²) in [6, 6.07) is 6.32.